The van der Waals surface area contributed by atoms with E-state index in [0.29, 0.717) is 0 Å². The quantitative estimate of drug-likeness (QED) is 0.939. The lowest BCUT2D eigenvalue weighted by Gasteiger charge is -2.19. The second-order valence-corrected chi connectivity index (χ2v) is 5.62. The summed E-state index contributed by atoms with van der Waals surface area (Å²) in [7, 11) is 2.05. The van der Waals surface area contributed by atoms with Gasteiger partial charge >= 0.3 is 0 Å². The molecule has 100 valence electrons. The first-order chi connectivity index (χ1) is 9.06. The molecule has 0 aliphatic heterocycles. The van der Waals surface area contributed by atoms with Crippen LogP contribution in [0.1, 0.15) is 11.1 Å². The van der Waals surface area contributed by atoms with E-state index in [9.17, 15) is 0 Å². The molecule has 0 radical (unpaired) electrons. The average Bonchev–Trinajstić information content (AvgIpc) is 2.39. The third-order valence-electron chi connectivity index (χ3n) is 3.15. The number of anilines is 2. The molecule has 0 bridgehead atoms. The summed E-state index contributed by atoms with van der Waals surface area (Å²) in [6.07, 6.45) is 2.71. The first-order valence-electron chi connectivity index (χ1n) is 6.24. The van der Waals surface area contributed by atoms with Crippen LogP contribution in [0.2, 0.25) is 0 Å². The lowest BCUT2D eigenvalue weighted by Crippen LogP contribution is -2.21. The molecule has 0 aliphatic carbocycles. The molecule has 0 fully saturated rings. The molecular weight excluding hydrogens is 302 g/mol. The molecular formula is C15H18BrN3. The number of benzene rings is 1. The minimum absolute atomic E-state index is 0.740. The minimum atomic E-state index is 0.740. The van der Waals surface area contributed by atoms with Crippen molar-refractivity contribution in [2.75, 3.05) is 24.2 Å². The summed E-state index contributed by atoms with van der Waals surface area (Å²) in [5, 5.41) is 0. The summed E-state index contributed by atoms with van der Waals surface area (Å²) in [4.78, 5) is 6.51. The minimum Gasteiger partial charge on any atom is -0.397 e. The molecule has 0 spiro atoms. The van der Waals surface area contributed by atoms with Crippen LogP contribution in [-0.2, 0) is 6.42 Å². The van der Waals surface area contributed by atoms with E-state index in [0.717, 1.165) is 34.5 Å². The highest BCUT2D eigenvalue weighted by Gasteiger charge is 2.05. The van der Waals surface area contributed by atoms with Crippen molar-refractivity contribution in [3.05, 3.63) is 52.1 Å². The number of nitrogens with two attached hydrogens (primary N) is 1. The SMILES string of the molecule is Cc1cc(N(C)CCc2cccc(Br)c2)ncc1N. The number of halogens is 1. The van der Waals surface area contributed by atoms with Crippen molar-refractivity contribution in [3.63, 3.8) is 0 Å². The van der Waals surface area contributed by atoms with Gasteiger partial charge in [-0.25, -0.2) is 4.98 Å². The first-order valence-corrected chi connectivity index (χ1v) is 7.03. The topological polar surface area (TPSA) is 42.2 Å². The van der Waals surface area contributed by atoms with Crippen LogP contribution in [-0.4, -0.2) is 18.6 Å². The normalized spacial score (nSPS) is 10.5. The van der Waals surface area contributed by atoms with Gasteiger partial charge < -0.3 is 10.6 Å². The molecule has 1 heterocycles. The van der Waals surface area contributed by atoms with Crippen LogP contribution in [0.25, 0.3) is 0 Å². The number of rotatable bonds is 4. The number of nitrogen functional groups attached to an aromatic ring is 1. The zero-order valence-electron chi connectivity index (χ0n) is 11.2. The summed E-state index contributed by atoms with van der Waals surface area (Å²) < 4.78 is 1.12. The average molecular weight is 320 g/mol. The highest BCUT2D eigenvalue weighted by atomic mass is 79.9. The van der Waals surface area contributed by atoms with E-state index in [2.05, 4.69) is 51.1 Å². The Morgan fingerprint density at radius 2 is 2.11 bits per heavy atom. The van der Waals surface area contributed by atoms with Gasteiger partial charge in [-0.2, -0.15) is 0 Å². The molecule has 2 aromatic rings. The Morgan fingerprint density at radius 1 is 1.32 bits per heavy atom. The molecule has 1 aromatic heterocycles. The van der Waals surface area contributed by atoms with Gasteiger partial charge in [-0.1, -0.05) is 28.1 Å². The smallest absolute Gasteiger partial charge is 0.128 e. The van der Waals surface area contributed by atoms with E-state index in [4.69, 9.17) is 5.73 Å². The van der Waals surface area contributed by atoms with Gasteiger partial charge in [0, 0.05) is 18.1 Å². The van der Waals surface area contributed by atoms with Crippen molar-refractivity contribution in [1.82, 2.24) is 4.98 Å². The van der Waals surface area contributed by atoms with Gasteiger partial charge in [0.25, 0.3) is 0 Å². The van der Waals surface area contributed by atoms with Crippen molar-refractivity contribution in [3.8, 4) is 0 Å². The van der Waals surface area contributed by atoms with Gasteiger partial charge in [0.1, 0.15) is 5.82 Å². The third kappa shape index (κ3) is 3.70. The van der Waals surface area contributed by atoms with E-state index in [1.165, 1.54) is 5.56 Å². The van der Waals surface area contributed by atoms with Crippen molar-refractivity contribution in [2.45, 2.75) is 13.3 Å². The standard InChI is InChI=1S/C15H18BrN3/c1-11-8-15(18-10-14(11)17)19(2)7-6-12-4-3-5-13(16)9-12/h3-5,8-10H,6-7,17H2,1-2H3. The summed E-state index contributed by atoms with van der Waals surface area (Å²) in [5.41, 5.74) is 8.91. The Bertz CT molecular complexity index is 569. The highest BCUT2D eigenvalue weighted by molar-refractivity contribution is 9.10. The molecule has 0 saturated carbocycles. The molecule has 0 aliphatic rings. The van der Waals surface area contributed by atoms with Crippen molar-refractivity contribution in [1.29, 1.82) is 0 Å². The highest BCUT2D eigenvalue weighted by Crippen LogP contribution is 2.17. The van der Waals surface area contributed by atoms with Crippen LogP contribution < -0.4 is 10.6 Å². The second-order valence-electron chi connectivity index (χ2n) is 4.70. The zero-order chi connectivity index (χ0) is 13.8. The molecule has 19 heavy (non-hydrogen) atoms. The van der Waals surface area contributed by atoms with E-state index in [1.807, 2.05) is 19.1 Å². The number of pyridine rings is 1. The maximum Gasteiger partial charge on any atom is 0.128 e. The van der Waals surface area contributed by atoms with Crippen molar-refractivity contribution in [2.24, 2.45) is 0 Å². The summed E-state index contributed by atoms with van der Waals surface area (Å²) in [6.45, 7) is 2.93. The van der Waals surface area contributed by atoms with Gasteiger partial charge in [-0.3, -0.25) is 0 Å². The Morgan fingerprint density at radius 3 is 2.79 bits per heavy atom. The van der Waals surface area contributed by atoms with Gasteiger partial charge in [-0.05, 0) is 42.7 Å². The molecule has 2 rings (SSSR count). The molecule has 4 heteroatoms. The van der Waals surface area contributed by atoms with Crippen molar-refractivity contribution >= 4 is 27.4 Å². The Kier molecular flexibility index (Phi) is 4.43. The summed E-state index contributed by atoms with van der Waals surface area (Å²) in [5.74, 6) is 0.960. The monoisotopic (exact) mass is 319 g/mol. The number of hydrogen-bond acceptors (Lipinski definition) is 3. The lowest BCUT2D eigenvalue weighted by molar-refractivity contribution is 0.859. The lowest BCUT2D eigenvalue weighted by atomic mass is 10.1. The summed E-state index contributed by atoms with van der Waals surface area (Å²) in [6, 6.07) is 10.4. The fourth-order valence-corrected chi connectivity index (χ4v) is 2.31. The number of likely N-dealkylation sites (N-methyl/N-ethyl adjacent to an activating group) is 1. The predicted molar refractivity (Wildman–Crippen MR) is 84.5 cm³/mol. The van der Waals surface area contributed by atoms with Crippen molar-refractivity contribution < 1.29 is 0 Å². The van der Waals surface area contributed by atoms with Crippen LogP contribution in [0.4, 0.5) is 11.5 Å². The molecule has 2 N–H and O–H groups in total. The van der Waals surface area contributed by atoms with Crippen LogP contribution in [0, 0.1) is 6.92 Å². The summed E-state index contributed by atoms with van der Waals surface area (Å²) >= 11 is 3.49. The van der Waals surface area contributed by atoms with E-state index >= 15 is 0 Å². The maximum atomic E-state index is 5.78. The van der Waals surface area contributed by atoms with Crippen LogP contribution in [0.15, 0.2) is 41.0 Å². The fraction of sp³-hybridized carbons (Fsp3) is 0.267. The largest absolute Gasteiger partial charge is 0.397 e. The van der Waals surface area contributed by atoms with E-state index < -0.39 is 0 Å². The Labute approximate surface area is 122 Å². The molecule has 0 amide bonds. The molecule has 1 aromatic carbocycles. The van der Waals surface area contributed by atoms with Crippen LogP contribution >= 0.6 is 15.9 Å². The predicted octanol–water partition coefficient (Wildman–Crippen LogP) is 3.41. The van der Waals surface area contributed by atoms with Crippen LogP contribution in [0.3, 0.4) is 0 Å². The maximum absolute atomic E-state index is 5.78. The van der Waals surface area contributed by atoms with Crippen LogP contribution in [0.5, 0.6) is 0 Å². The fourth-order valence-electron chi connectivity index (χ4n) is 1.86. The number of hydrogen-bond donors (Lipinski definition) is 1. The Balaban J connectivity index is 2.01. The first kappa shape index (κ1) is 13.9. The van der Waals surface area contributed by atoms with E-state index in [-0.39, 0.29) is 0 Å². The molecule has 0 saturated heterocycles. The number of aryl methyl sites for hydroxylation is 1. The van der Waals surface area contributed by atoms with Gasteiger partial charge in [0.2, 0.25) is 0 Å². The number of nitrogens with zero attached hydrogens (tertiary/aromatic N) is 2. The molecule has 0 atom stereocenters. The zero-order valence-corrected chi connectivity index (χ0v) is 12.8. The van der Waals surface area contributed by atoms with Gasteiger partial charge in [-0.15, -0.1) is 0 Å². The third-order valence-corrected chi connectivity index (χ3v) is 3.65. The van der Waals surface area contributed by atoms with Gasteiger partial charge in [0.15, 0.2) is 0 Å². The Hall–Kier alpha value is -1.55. The number of aromatic nitrogens is 1. The van der Waals surface area contributed by atoms with Gasteiger partial charge in [0.05, 0.1) is 11.9 Å². The molecule has 3 nitrogen and oxygen atoms in total. The molecule has 0 unspecified atom stereocenters. The second kappa shape index (κ2) is 6.06. The van der Waals surface area contributed by atoms with E-state index in [1.54, 1.807) is 6.20 Å².